The van der Waals surface area contributed by atoms with E-state index in [0.29, 0.717) is 18.3 Å². The number of amides is 1. The van der Waals surface area contributed by atoms with Gasteiger partial charge in [0.15, 0.2) is 0 Å². The summed E-state index contributed by atoms with van der Waals surface area (Å²) in [5.74, 6) is 1.03. The van der Waals surface area contributed by atoms with Gasteiger partial charge in [-0.05, 0) is 55.5 Å². The van der Waals surface area contributed by atoms with Gasteiger partial charge in [-0.2, -0.15) is 13.5 Å². The number of nitrogens with one attached hydrogen (secondary N) is 1. The Labute approximate surface area is 198 Å². The third-order valence-electron chi connectivity index (χ3n) is 5.03. The first-order chi connectivity index (χ1) is 15.8. The minimum atomic E-state index is -4.07. The normalized spacial score (nSPS) is 14.8. The molecule has 1 heterocycles. The van der Waals surface area contributed by atoms with E-state index < -0.39 is 16.2 Å². The first-order valence-electron chi connectivity index (χ1n) is 10.3. The van der Waals surface area contributed by atoms with E-state index in [1.165, 1.54) is 19.2 Å². The van der Waals surface area contributed by atoms with Crippen LogP contribution in [0.4, 0.5) is 4.79 Å². The van der Waals surface area contributed by atoms with Crippen LogP contribution in [0.2, 0.25) is 5.02 Å². The Morgan fingerprint density at radius 2 is 1.91 bits per heavy atom. The molecule has 1 amide bonds. The van der Waals surface area contributed by atoms with Crippen molar-refractivity contribution >= 4 is 34.2 Å². The second kappa shape index (κ2) is 11.2. The van der Waals surface area contributed by atoms with Crippen molar-refractivity contribution in [2.75, 3.05) is 26.8 Å². The summed E-state index contributed by atoms with van der Waals surface area (Å²) in [6, 6.07) is 11.1. The Hall–Kier alpha value is -2.98. The van der Waals surface area contributed by atoms with E-state index in [2.05, 4.69) is 15.3 Å². The Kier molecular flexibility index (Phi) is 8.40. The zero-order valence-corrected chi connectivity index (χ0v) is 19.9. The minimum Gasteiger partial charge on any atom is -0.493 e. The van der Waals surface area contributed by atoms with Gasteiger partial charge in [0, 0.05) is 19.2 Å². The highest BCUT2D eigenvalue weighted by Crippen LogP contribution is 2.29. The molecule has 11 heteroatoms. The number of nitrogens with zero attached hydrogens (tertiary/aromatic N) is 2. The Balaban J connectivity index is 1.55. The van der Waals surface area contributed by atoms with Crippen molar-refractivity contribution in [2.45, 2.75) is 24.7 Å². The molecule has 0 atom stereocenters. The summed E-state index contributed by atoms with van der Waals surface area (Å²) in [6.07, 6.45) is 2.74. The second-order valence-corrected chi connectivity index (χ2v) is 9.51. The molecule has 0 aromatic heterocycles. The lowest BCUT2D eigenvalue weighted by molar-refractivity contribution is 0.170. The zero-order chi connectivity index (χ0) is 23.8. The molecule has 2 aromatic carbocycles. The van der Waals surface area contributed by atoms with Crippen LogP contribution >= 0.6 is 11.6 Å². The summed E-state index contributed by atoms with van der Waals surface area (Å²) in [6.45, 7) is 3.88. The number of hydrogen-bond acceptors (Lipinski definition) is 7. The number of benzene rings is 2. The number of hydrogen-bond donors (Lipinski definition) is 1. The van der Waals surface area contributed by atoms with E-state index in [4.69, 9.17) is 20.5 Å². The van der Waals surface area contributed by atoms with Crippen molar-refractivity contribution in [3.05, 3.63) is 53.1 Å². The lowest BCUT2D eigenvalue weighted by atomic mass is 9.98. The fourth-order valence-electron chi connectivity index (χ4n) is 3.32. The van der Waals surface area contributed by atoms with Crippen molar-refractivity contribution in [1.29, 1.82) is 0 Å². The summed E-state index contributed by atoms with van der Waals surface area (Å²) >= 11 is 6.01. The monoisotopic (exact) mass is 495 g/mol. The number of likely N-dealkylation sites (tertiary alicyclic amines) is 1. The summed E-state index contributed by atoms with van der Waals surface area (Å²) in [5, 5.41) is 3.93. The predicted octanol–water partition coefficient (Wildman–Crippen LogP) is 3.81. The van der Waals surface area contributed by atoms with E-state index >= 15 is 0 Å². The molecule has 0 spiro atoms. The maximum atomic E-state index is 12.6. The number of piperidine rings is 1. The Bertz CT molecular complexity index is 1100. The molecule has 1 fully saturated rings. The van der Waals surface area contributed by atoms with Gasteiger partial charge in [-0.25, -0.2) is 10.2 Å². The molecule has 1 aliphatic rings. The molecule has 0 bridgehead atoms. The average molecular weight is 496 g/mol. The van der Waals surface area contributed by atoms with Crippen LogP contribution in [-0.2, 0) is 14.9 Å². The van der Waals surface area contributed by atoms with Crippen molar-refractivity contribution in [2.24, 2.45) is 11.0 Å². The molecular weight excluding hydrogens is 470 g/mol. The summed E-state index contributed by atoms with van der Waals surface area (Å²) in [5.41, 5.74) is 3.06. The minimum absolute atomic E-state index is 0.0901. The largest absolute Gasteiger partial charge is 0.493 e. The van der Waals surface area contributed by atoms with Gasteiger partial charge in [0.25, 0.3) is 0 Å². The van der Waals surface area contributed by atoms with E-state index in [9.17, 15) is 13.2 Å². The van der Waals surface area contributed by atoms with Gasteiger partial charge in [-0.15, -0.1) is 0 Å². The SMILES string of the molecule is COC(=O)NN=CN1CCC(COc2cc(C)cc(OS(=O)(=O)c3ccccc3Cl)c2)CC1. The van der Waals surface area contributed by atoms with Crippen LogP contribution in [0.25, 0.3) is 0 Å². The highest BCUT2D eigenvalue weighted by atomic mass is 35.5. The van der Waals surface area contributed by atoms with Crippen molar-refractivity contribution < 1.29 is 26.9 Å². The third kappa shape index (κ3) is 7.26. The molecule has 9 nitrogen and oxygen atoms in total. The quantitative estimate of drug-likeness (QED) is 0.257. The predicted molar refractivity (Wildman–Crippen MR) is 124 cm³/mol. The molecule has 178 valence electrons. The second-order valence-electron chi connectivity index (χ2n) is 7.59. The van der Waals surface area contributed by atoms with Crippen LogP contribution in [0.5, 0.6) is 11.5 Å². The van der Waals surface area contributed by atoms with E-state index in [0.717, 1.165) is 31.5 Å². The first-order valence-corrected chi connectivity index (χ1v) is 12.1. The van der Waals surface area contributed by atoms with Crippen LogP contribution in [-0.4, -0.2) is 52.6 Å². The maximum absolute atomic E-state index is 12.6. The smallest absolute Gasteiger partial charge is 0.427 e. The molecule has 0 saturated carbocycles. The van der Waals surface area contributed by atoms with Crippen LogP contribution in [0.3, 0.4) is 0 Å². The van der Waals surface area contributed by atoms with Gasteiger partial charge < -0.3 is 18.6 Å². The number of carbonyl (C=O) groups is 1. The topological polar surface area (TPSA) is 107 Å². The fourth-order valence-corrected chi connectivity index (χ4v) is 4.73. The number of methoxy groups -OCH3 is 1. The lowest BCUT2D eigenvalue weighted by Crippen LogP contribution is -2.35. The Morgan fingerprint density at radius 1 is 1.21 bits per heavy atom. The third-order valence-corrected chi connectivity index (χ3v) is 6.78. The van der Waals surface area contributed by atoms with Crippen LogP contribution in [0, 0.1) is 12.8 Å². The van der Waals surface area contributed by atoms with Crippen LogP contribution in [0.1, 0.15) is 18.4 Å². The molecule has 1 saturated heterocycles. The highest BCUT2D eigenvalue weighted by Gasteiger charge is 2.21. The molecule has 2 aromatic rings. The summed E-state index contributed by atoms with van der Waals surface area (Å²) in [7, 11) is -2.80. The van der Waals surface area contributed by atoms with Crippen molar-refractivity contribution in [3.63, 3.8) is 0 Å². The number of halogens is 1. The maximum Gasteiger partial charge on any atom is 0.427 e. The van der Waals surface area contributed by atoms with Crippen molar-refractivity contribution in [3.8, 4) is 11.5 Å². The van der Waals surface area contributed by atoms with Gasteiger partial charge in [-0.1, -0.05) is 23.7 Å². The van der Waals surface area contributed by atoms with Gasteiger partial charge in [0.05, 0.1) is 18.7 Å². The number of hydrazone groups is 1. The molecule has 1 aliphatic heterocycles. The molecule has 0 radical (unpaired) electrons. The van der Waals surface area contributed by atoms with Gasteiger partial charge >= 0.3 is 16.2 Å². The van der Waals surface area contributed by atoms with E-state index in [1.807, 2.05) is 17.9 Å². The molecular formula is C22H26ClN3O6S. The standard InChI is InChI=1S/C22H26ClN3O6S/c1-16-11-18(13-19(12-16)32-33(28,29)21-6-4-3-5-20(21)23)31-14-17-7-9-26(10-8-17)15-24-25-22(27)30-2/h3-6,11-13,15,17H,7-10,14H2,1-2H3,(H,25,27). The lowest BCUT2D eigenvalue weighted by Gasteiger charge is -2.30. The fraction of sp³-hybridized carbons (Fsp3) is 0.364. The first kappa shape index (κ1) is 24.7. The average Bonchev–Trinajstić information content (AvgIpc) is 2.78. The summed E-state index contributed by atoms with van der Waals surface area (Å²) < 4.78 is 40.9. The Morgan fingerprint density at radius 3 is 2.61 bits per heavy atom. The molecule has 33 heavy (non-hydrogen) atoms. The van der Waals surface area contributed by atoms with Crippen LogP contribution < -0.4 is 14.3 Å². The molecule has 3 rings (SSSR count). The van der Waals surface area contributed by atoms with Gasteiger partial charge in [0.1, 0.15) is 22.7 Å². The number of rotatable bonds is 8. The molecule has 0 unspecified atom stereocenters. The van der Waals surface area contributed by atoms with Crippen molar-refractivity contribution in [1.82, 2.24) is 10.3 Å². The number of carbonyl (C=O) groups excluding carboxylic acids is 1. The number of ether oxygens (including phenoxy) is 2. The highest BCUT2D eigenvalue weighted by molar-refractivity contribution is 7.87. The molecule has 0 aliphatic carbocycles. The molecule has 1 N–H and O–H groups in total. The van der Waals surface area contributed by atoms with E-state index in [-0.39, 0.29) is 15.7 Å². The number of aryl methyl sites for hydroxylation is 1. The van der Waals surface area contributed by atoms with Gasteiger partial charge in [0.2, 0.25) is 0 Å². The van der Waals surface area contributed by atoms with E-state index in [1.54, 1.807) is 30.6 Å². The summed E-state index contributed by atoms with van der Waals surface area (Å²) in [4.78, 5) is 12.9. The van der Waals surface area contributed by atoms with Crippen LogP contribution in [0.15, 0.2) is 52.5 Å². The van der Waals surface area contributed by atoms with Gasteiger partial charge in [-0.3, -0.25) is 0 Å². The zero-order valence-electron chi connectivity index (χ0n) is 18.4.